The zero-order chi connectivity index (χ0) is 22.8. The molecule has 5 saturated carbocycles. The Labute approximate surface area is 190 Å². The predicted octanol–water partition coefficient (Wildman–Crippen LogP) is 4.22. The van der Waals surface area contributed by atoms with Gasteiger partial charge in [0, 0.05) is 19.8 Å². The van der Waals surface area contributed by atoms with Crippen LogP contribution in [0.1, 0.15) is 79.1 Å². The summed E-state index contributed by atoms with van der Waals surface area (Å²) in [5.74, 6) is 2.31. The third-order valence-electron chi connectivity index (χ3n) is 11.5. The van der Waals surface area contributed by atoms with Gasteiger partial charge in [-0.05, 0) is 96.4 Å². The minimum atomic E-state index is -0.853. The van der Waals surface area contributed by atoms with Gasteiger partial charge in [0.2, 0.25) is 0 Å². The van der Waals surface area contributed by atoms with Gasteiger partial charge in [-0.25, -0.2) is 0 Å². The zero-order valence-electron chi connectivity index (χ0n) is 19.8. The molecule has 5 heteroatoms. The van der Waals surface area contributed by atoms with Crippen molar-refractivity contribution in [2.45, 2.75) is 84.7 Å². The van der Waals surface area contributed by atoms with Gasteiger partial charge >= 0.3 is 11.9 Å². The van der Waals surface area contributed by atoms with E-state index >= 15 is 0 Å². The molecular weight excluding hydrogens is 404 g/mol. The average molecular weight is 441 g/mol. The van der Waals surface area contributed by atoms with E-state index in [4.69, 9.17) is 4.74 Å². The van der Waals surface area contributed by atoms with E-state index < -0.39 is 17.5 Å². The minimum Gasteiger partial charge on any atom is -0.393 e. The normalized spacial score (nSPS) is 54.3. The standard InChI is InChI=1S/C27H36O5/c1-14(28)32-21(30)7-10-27(31)18-12-16(18)23-22-17(6-9-26(23,27)4)24(2)8-5-15(29)11-20(24)25(3)13-19(22)25/h11,16-19,22-23,31H,5-10,12-13H2,1-4H3. The zero-order valence-corrected chi connectivity index (χ0v) is 19.8. The third-order valence-corrected chi connectivity index (χ3v) is 11.5. The molecule has 0 amide bonds. The lowest BCUT2D eigenvalue weighted by atomic mass is 9.44. The number of hydrogen-bond donors (Lipinski definition) is 1. The van der Waals surface area contributed by atoms with Crippen LogP contribution in [0.25, 0.3) is 0 Å². The van der Waals surface area contributed by atoms with Gasteiger partial charge in [-0.1, -0.05) is 26.3 Å². The Morgan fingerprint density at radius 1 is 1.12 bits per heavy atom. The molecule has 1 N–H and O–H groups in total. The van der Waals surface area contributed by atoms with Crippen LogP contribution in [-0.2, 0) is 19.1 Å². The number of allylic oxidation sites excluding steroid dienone is 1. The van der Waals surface area contributed by atoms with Gasteiger partial charge in [0.05, 0.1) is 5.60 Å². The largest absolute Gasteiger partial charge is 0.393 e. The van der Waals surface area contributed by atoms with Gasteiger partial charge in [-0.15, -0.1) is 0 Å². The maximum atomic E-state index is 12.3. The molecule has 5 fully saturated rings. The van der Waals surface area contributed by atoms with Crippen molar-refractivity contribution in [2.75, 3.05) is 0 Å². The molecule has 32 heavy (non-hydrogen) atoms. The molecule has 0 aliphatic heterocycles. The summed E-state index contributed by atoms with van der Waals surface area (Å²) in [6.07, 6.45) is 8.45. The van der Waals surface area contributed by atoms with Gasteiger partial charge < -0.3 is 9.84 Å². The molecule has 0 bridgehead atoms. The number of hydrogen-bond acceptors (Lipinski definition) is 5. The van der Waals surface area contributed by atoms with Crippen molar-refractivity contribution in [3.63, 3.8) is 0 Å². The molecule has 6 rings (SSSR count). The van der Waals surface area contributed by atoms with Crippen molar-refractivity contribution in [3.05, 3.63) is 11.6 Å². The van der Waals surface area contributed by atoms with E-state index in [1.54, 1.807) is 0 Å². The van der Waals surface area contributed by atoms with Crippen LogP contribution in [-0.4, -0.2) is 28.4 Å². The summed E-state index contributed by atoms with van der Waals surface area (Å²) in [7, 11) is 0. The van der Waals surface area contributed by atoms with Crippen molar-refractivity contribution in [3.8, 4) is 0 Å². The lowest BCUT2D eigenvalue weighted by Gasteiger charge is -2.61. The number of carbonyl (C=O) groups is 3. The fourth-order valence-electron chi connectivity index (χ4n) is 9.97. The predicted molar refractivity (Wildman–Crippen MR) is 117 cm³/mol. The number of fused-ring (bicyclic) bond motifs is 10. The van der Waals surface area contributed by atoms with E-state index in [1.165, 1.54) is 18.9 Å². The van der Waals surface area contributed by atoms with Crippen LogP contribution < -0.4 is 0 Å². The Bertz CT molecular complexity index is 967. The van der Waals surface area contributed by atoms with E-state index in [2.05, 4.69) is 20.8 Å². The molecule has 0 aromatic rings. The Balaban J connectivity index is 1.33. The van der Waals surface area contributed by atoms with Crippen LogP contribution >= 0.6 is 0 Å². The second-order valence-electron chi connectivity index (χ2n) is 12.7. The van der Waals surface area contributed by atoms with Crippen molar-refractivity contribution in [2.24, 2.45) is 51.8 Å². The lowest BCUT2D eigenvalue weighted by molar-refractivity contribution is -0.167. The summed E-state index contributed by atoms with van der Waals surface area (Å²) in [6.45, 7) is 8.34. The second kappa shape index (κ2) is 6.14. The van der Waals surface area contributed by atoms with Crippen LogP contribution in [0.2, 0.25) is 0 Å². The Kier molecular flexibility index (Phi) is 4.04. The summed E-state index contributed by atoms with van der Waals surface area (Å²) in [5, 5.41) is 12.1. The molecule has 6 aliphatic rings. The van der Waals surface area contributed by atoms with Crippen LogP contribution in [0, 0.1) is 51.8 Å². The van der Waals surface area contributed by atoms with E-state index in [9.17, 15) is 19.5 Å². The van der Waals surface area contributed by atoms with Crippen molar-refractivity contribution in [1.82, 2.24) is 0 Å². The topological polar surface area (TPSA) is 80.7 Å². The average Bonchev–Trinajstić information content (AvgIpc) is 3.61. The van der Waals surface area contributed by atoms with Crippen LogP contribution in [0.15, 0.2) is 11.6 Å². The summed E-state index contributed by atoms with van der Waals surface area (Å²) < 4.78 is 4.75. The summed E-state index contributed by atoms with van der Waals surface area (Å²) in [5.41, 5.74) is 0.653. The highest BCUT2D eigenvalue weighted by atomic mass is 16.6. The number of esters is 2. The first-order chi connectivity index (χ1) is 15.0. The lowest BCUT2D eigenvalue weighted by Crippen LogP contribution is -2.58. The molecule has 5 nitrogen and oxygen atoms in total. The number of aliphatic hydroxyl groups is 1. The molecule has 174 valence electrons. The highest BCUT2D eigenvalue weighted by Gasteiger charge is 2.80. The first kappa shape index (κ1) is 21.1. The van der Waals surface area contributed by atoms with E-state index in [-0.39, 0.29) is 28.6 Å². The summed E-state index contributed by atoms with van der Waals surface area (Å²) in [6, 6.07) is 0. The molecule has 0 radical (unpaired) electrons. The Morgan fingerprint density at radius 3 is 2.59 bits per heavy atom. The third kappa shape index (κ3) is 2.42. The van der Waals surface area contributed by atoms with E-state index in [0.717, 1.165) is 25.7 Å². The van der Waals surface area contributed by atoms with E-state index in [1.807, 2.05) is 6.08 Å². The minimum absolute atomic E-state index is 0.101. The van der Waals surface area contributed by atoms with Gasteiger partial charge in [0.15, 0.2) is 5.78 Å². The molecule has 10 unspecified atom stereocenters. The summed E-state index contributed by atoms with van der Waals surface area (Å²) in [4.78, 5) is 35.6. The smallest absolute Gasteiger partial charge is 0.313 e. The number of carbonyl (C=O) groups excluding carboxylic acids is 3. The first-order valence-electron chi connectivity index (χ1n) is 12.6. The molecule has 0 spiro atoms. The monoisotopic (exact) mass is 440 g/mol. The van der Waals surface area contributed by atoms with Gasteiger partial charge in [-0.2, -0.15) is 0 Å². The summed E-state index contributed by atoms with van der Waals surface area (Å²) >= 11 is 0. The van der Waals surface area contributed by atoms with Gasteiger partial charge in [0.1, 0.15) is 0 Å². The van der Waals surface area contributed by atoms with Crippen molar-refractivity contribution in [1.29, 1.82) is 0 Å². The number of ether oxygens (including phenoxy) is 1. The first-order valence-corrected chi connectivity index (χ1v) is 12.6. The van der Waals surface area contributed by atoms with Crippen LogP contribution in [0.3, 0.4) is 0 Å². The Hall–Kier alpha value is -1.49. The molecule has 0 heterocycles. The Morgan fingerprint density at radius 2 is 1.88 bits per heavy atom. The number of rotatable bonds is 3. The highest BCUT2D eigenvalue weighted by molar-refractivity contribution is 5.92. The van der Waals surface area contributed by atoms with Crippen LogP contribution in [0.4, 0.5) is 0 Å². The van der Waals surface area contributed by atoms with E-state index in [0.29, 0.717) is 48.2 Å². The SMILES string of the molecule is CC(=O)OC(=O)CCC1(O)C2CC2C2C3C(CCC21C)C1(C)CCC(=O)C=C1C1(C)CC31. The molecule has 6 aliphatic carbocycles. The maximum Gasteiger partial charge on any atom is 0.313 e. The number of ketones is 1. The second-order valence-corrected chi connectivity index (χ2v) is 12.7. The highest BCUT2D eigenvalue weighted by Crippen LogP contribution is 2.83. The maximum absolute atomic E-state index is 12.3. The van der Waals surface area contributed by atoms with Crippen molar-refractivity contribution >= 4 is 17.7 Å². The van der Waals surface area contributed by atoms with Crippen molar-refractivity contribution < 1.29 is 24.2 Å². The molecular formula is C27H36O5. The van der Waals surface area contributed by atoms with Gasteiger partial charge in [0.25, 0.3) is 0 Å². The molecule has 0 aromatic heterocycles. The molecule has 10 atom stereocenters. The van der Waals surface area contributed by atoms with Gasteiger partial charge in [-0.3, -0.25) is 14.4 Å². The molecule has 0 aromatic carbocycles. The quantitative estimate of drug-likeness (QED) is 0.525. The van der Waals surface area contributed by atoms with Crippen LogP contribution in [0.5, 0.6) is 0 Å². The molecule has 0 saturated heterocycles. The fourth-order valence-corrected chi connectivity index (χ4v) is 9.97. The fraction of sp³-hybridized carbons (Fsp3) is 0.815.